The van der Waals surface area contributed by atoms with Crippen LogP contribution < -0.4 is 14.4 Å². The Labute approximate surface area is 175 Å². The second-order valence-electron chi connectivity index (χ2n) is 6.88. The maximum absolute atomic E-state index is 13.1. The van der Waals surface area contributed by atoms with E-state index in [9.17, 15) is 23.3 Å². The van der Waals surface area contributed by atoms with Crippen molar-refractivity contribution in [2.45, 2.75) is 33.2 Å². The van der Waals surface area contributed by atoms with Crippen LogP contribution in [-0.2, 0) is 14.8 Å². The molecule has 0 saturated carbocycles. The predicted octanol–water partition coefficient (Wildman–Crippen LogP) is 3.40. The zero-order valence-corrected chi connectivity index (χ0v) is 18.3. The summed E-state index contributed by atoms with van der Waals surface area (Å²) in [4.78, 5) is 23.5. The first-order valence-corrected chi connectivity index (χ1v) is 11.0. The Hall–Kier alpha value is -3.14. The quantitative estimate of drug-likeness (QED) is 0.501. The molecular weight excluding hydrogens is 410 g/mol. The fourth-order valence-corrected chi connectivity index (χ4v) is 4.25. The lowest BCUT2D eigenvalue weighted by Gasteiger charge is -2.30. The Morgan fingerprint density at radius 3 is 2.37 bits per heavy atom. The van der Waals surface area contributed by atoms with E-state index < -0.39 is 26.9 Å². The van der Waals surface area contributed by atoms with Gasteiger partial charge in [-0.3, -0.25) is 19.2 Å². The van der Waals surface area contributed by atoms with Crippen LogP contribution in [0.5, 0.6) is 5.75 Å². The van der Waals surface area contributed by atoms with E-state index in [0.29, 0.717) is 5.69 Å². The number of methoxy groups -OCH3 is 1. The normalized spacial score (nSPS) is 12.2. The van der Waals surface area contributed by atoms with Gasteiger partial charge in [0, 0.05) is 12.1 Å². The number of rotatable bonds is 8. The first kappa shape index (κ1) is 23.1. The summed E-state index contributed by atoms with van der Waals surface area (Å²) in [7, 11) is -2.43. The highest BCUT2D eigenvalue weighted by molar-refractivity contribution is 7.92. The van der Waals surface area contributed by atoms with Gasteiger partial charge in [0.1, 0.15) is 11.8 Å². The number of nitro benzene ring substituents is 1. The minimum absolute atomic E-state index is 0.0867. The minimum Gasteiger partial charge on any atom is -0.495 e. The summed E-state index contributed by atoms with van der Waals surface area (Å²) < 4.78 is 31.4. The number of hydrogen-bond donors (Lipinski definition) is 1. The minimum atomic E-state index is -3.80. The van der Waals surface area contributed by atoms with Crippen molar-refractivity contribution in [2.24, 2.45) is 0 Å². The van der Waals surface area contributed by atoms with Crippen LogP contribution >= 0.6 is 0 Å². The second kappa shape index (κ2) is 9.12. The number of non-ortho nitro benzene ring substituents is 1. The molecule has 2 rings (SSSR count). The number of aryl methyl sites for hydroxylation is 2. The van der Waals surface area contributed by atoms with Gasteiger partial charge < -0.3 is 10.1 Å². The Balaban J connectivity index is 2.47. The lowest BCUT2D eigenvalue weighted by atomic mass is 10.1. The van der Waals surface area contributed by atoms with E-state index in [-0.39, 0.29) is 23.5 Å². The number of nitrogens with one attached hydrogen (secondary N) is 1. The topological polar surface area (TPSA) is 119 Å². The highest BCUT2D eigenvalue weighted by Gasteiger charge is 2.32. The number of sulfonamides is 1. The summed E-state index contributed by atoms with van der Waals surface area (Å²) >= 11 is 0. The van der Waals surface area contributed by atoms with Crippen molar-refractivity contribution in [3.05, 3.63) is 57.6 Å². The molecule has 2 aromatic carbocycles. The third kappa shape index (κ3) is 5.07. The summed E-state index contributed by atoms with van der Waals surface area (Å²) in [5, 5.41) is 13.7. The van der Waals surface area contributed by atoms with Crippen LogP contribution in [0.2, 0.25) is 0 Å². The molecule has 1 N–H and O–H groups in total. The number of benzene rings is 2. The Morgan fingerprint density at radius 2 is 1.87 bits per heavy atom. The molecule has 30 heavy (non-hydrogen) atoms. The molecule has 0 spiro atoms. The highest BCUT2D eigenvalue weighted by atomic mass is 32.2. The smallest absolute Gasteiger partial charge is 0.271 e. The average molecular weight is 436 g/mol. The third-order valence-electron chi connectivity index (χ3n) is 4.73. The first-order valence-electron chi connectivity index (χ1n) is 9.19. The number of nitrogens with zero attached hydrogens (tertiary/aromatic N) is 2. The van der Waals surface area contributed by atoms with Gasteiger partial charge in [0.05, 0.1) is 29.7 Å². The van der Waals surface area contributed by atoms with Crippen LogP contribution in [0.15, 0.2) is 36.4 Å². The van der Waals surface area contributed by atoms with Gasteiger partial charge in [-0.15, -0.1) is 0 Å². The molecule has 2 aromatic rings. The number of amides is 1. The van der Waals surface area contributed by atoms with E-state index in [2.05, 4.69) is 5.32 Å². The van der Waals surface area contributed by atoms with Crippen LogP contribution in [0.1, 0.15) is 24.5 Å². The predicted molar refractivity (Wildman–Crippen MR) is 116 cm³/mol. The van der Waals surface area contributed by atoms with Gasteiger partial charge in [-0.25, -0.2) is 8.42 Å². The fourth-order valence-electron chi connectivity index (χ4n) is 3.05. The SMILES string of the molecule is CC[C@H](C(=O)Nc1cc([N+](=O)[O-])ccc1OC)N(c1ccc(C)c(C)c1)S(C)(=O)=O. The zero-order chi connectivity index (χ0) is 22.6. The van der Waals surface area contributed by atoms with Crippen LogP contribution in [0, 0.1) is 24.0 Å². The van der Waals surface area contributed by atoms with E-state index in [1.54, 1.807) is 25.1 Å². The number of carbonyl (C=O) groups excluding carboxylic acids is 1. The van der Waals surface area contributed by atoms with Crippen LogP contribution in [0.4, 0.5) is 17.1 Å². The summed E-state index contributed by atoms with van der Waals surface area (Å²) in [6, 6.07) is 7.87. The Bertz CT molecular complexity index is 1070. The van der Waals surface area contributed by atoms with E-state index in [4.69, 9.17) is 4.74 Å². The molecule has 0 aliphatic heterocycles. The molecule has 1 amide bonds. The molecule has 0 radical (unpaired) electrons. The van der Waals surface area contributed by atoms with Crippen molar-refractivity contribution in [2.75, 3.05) is 23.0 Å². The highest BCUT2D eigenvalue weighted by Crippen LogP contribution is 2.30. The molecule has 1 atom stereocenters. The van der Waals surface area contributed by atoms with E-state index >= 15 is 0 Å². The molecule has 0 aromatic heterocycles. The van der Waals surface area contributed by atoms with Crippen molar-refractivity contribution in [1.82, 2.24) is 0 Å². The molecule has 0 aliphatic carbocycles. The largest absolute Gasteiger partial charge is 0.495 e. The standard InChI is InChI=1S/C20H25N3O6S/c1-6-18(22(30(5,27)28)15-8-7-13(2)14(3)11-15)20(24)21-17-12-16(23(25)26)9-10-19(17)29-4/h7-12,18H,6H2,1-5H3,(H,21,24)/t18-/m1/s1. The Morgan fingerprint density at radius 1 is 1.20 bits per heavy atom. The maximum Gasteiger partial charge on any atom is 0.271 e. The zero-order valence-electron chi connectivity index (χ0n) is 17.5. The van der Waals surface area contributed by atoms with E-state index in [1.807, 2.05) is 13.8 Å². The molecule has 9 nitrogen and oxygen atoms in total. The van der Waals surface area contributed by atoms with Crippen molar-refractivity contribution >= 4 is 33.0 Å². The molecule has 10 heteroatoms. The fraction of sp³-hybridized carbons (Fsp3) is 0.350. The molecule has 0 bridgehead atoms. The van der Waals surface area contributed by atoms with E-state index in [0.717, 1.165) is 21.7 Å². The number of ether oxygens (including phenoxy) is 1. The van der Waals surface area contributed by atoms with Crippen molar-refractivity contribution in [1.29, 1.82) is 0 Å². The second-order valence-corrected chi connectivity index (χ2v) is 8.74. The van der Waals surface area contributed by atoms with Gasteiger partial charge >= 0.3 is 0 Å². The summed E-state index contributed by atoms with van der Waals surface area (Å²) in [5.74, 6) is -0.402. The van der Waals surface area contributed by atoms with Gasteiger partial charge in [-0.2, -0.15) is 0 Å². The summed E-state index contributed by atoms with van der Waals surface area (Å²) in [6.07, 6.45) is 1.22. The van der Waals surface area contributed by atoms with Crippen LogP contribution in [0.25, 0.3) is 0 Å². The van der Waals surface area contributed by atoms with Crippen molar-refractivity contribution in [3.63, 3.8) is 0 Å². The lowest BCUT2D eigenvalue weighted by Crippen LogP contribution is -2.47. The summed E-state index contributed by atoms with van der Waals surface area (Å²) in [6.45, 7) is 5.45. The molecular formula is C20H25N3O6S. The molecule has 162 valence electrons. The van der Waals surface area contributed by atoms with Crippen molar-refractivity contribution < 1.29 is 22.9 Å². The van der Waals surface area contributed by atoms with Gasteiger partial charge in [-0.05, 0) is 49.6 Å². The number of anilines is 2. The van der Waals surface area contributed by atoms with Crippen molar-refractivity contribution in [3.8, 4) is 5.75 Å². The maximum atomic E-state index is 13.1. The molecule has 0 aliphatic rings. The van der Waals surface area contributed by atoms with Gasteiger partial charge in [0.15, 0.2) is 0 Å². The van der Waals surface area contributed by atoms with Crippen LogP contribution in [-0.4, -0.2) is 38.7 Å². The first-order chi connectivity index (χ1) is 14.0. The van der Waals surface area contributed by atoms with E-state index in [1.165, 1.54) is 25.3 Å². The Kier molecular flexibility index (Phi) is 7.04. The molecule has 0 fully saturated rings. The third-order valence-corrected chi connectivity index (χ3v) is 5.91. The number of nitro groups is 1. The van der Waals surface area contributed by atoms with Crippen LogP contribution in [0.3, 0.4) is 0 Å². The van der Waals surface area contributed by atoms with Gasteiger partial charge in [0.2, 0.25) is 15.9 Å². The molecule has 0 heterocycles. The summed E-state index contributed by atoms with van der Waals surface area (Å²) in [5.41, 5.74) is 2.10. The van der Waals surface area contributed by atoms with Gasteiger partial charge in [-0.1, -0.05) is 13.0 Å². The molecule has 0 saturated heterocycles. The number of carbonyl (C=O) groups is 1. The average Bonchev–Trinajstić information content (AvgIpc) is 2.67. The monoisotopic (exact) mass is 435 g/mol. The van der Waals surface area contributed by atoms with Gasteiger partial charge in [0.25, 0.3) is 5.69 Å². The molecule has 0 unspecified atom stereocenters. The number of hydrogen-bond acceptors (Lipinski definition) is 6. The lowest BCUT2D eigenvalue weighted by molar-refractivity contribution is -0.384.